The molecule has 1 aromatic carbocycles. The molecule has 7 heteroatoms. The SMILES string of the molecule is O[Si](O)(O)O.Oc1ccccc1O. The molecule has 0 saturated carbocycles. The molecule has 0 spiro atoms. The molecule has 1 rings (SSSR count). The van der Waals surface area contributed by atoms with Gasteiger partial charge in [0, 0.05) is 0 Å². The number of hydrogen-bond acceptors (Lipinski definition) is 6. The molecule has 0 fully saturated rings. The van der Waals surface area contributed by atoms with Gasteiger partial charge in [-0.25, -0.2) is 0 Å². The van der Waals surface area contributed by atoms with Gasteiger partial charge < -0.3 is 29.4 Å². The topological polar surface area (TPSA) is 121 Å². The summed E-state index contributed by atoms with van der Waals surface area (Å²) in [6.07, 6.45) is 0. The first-order chi connectivity index (χ1) is 5.80. The lowest BCUT2D eigenvalue weighted by Crippen LogP contribution is -2.33. The standard InChI is InChI=1S/C6H6O2.H4O4Si/c7-5-3-1-2-4-6(5)8;1-5(2,3)4/h1-4,7-8H;1-4H. The molecule has 0 unspecified atom stereocenters. The van der Waals surface area contributed by atoms with E-state index in [1.807, 2.05) is 0 Å². The average Bonchev–Trinajstić information content (AvgIpc) is 1.92. The smallest absolute Gasteiger partial charge is 0.504 e. The Morgan fingerprint density at radius 2 is 1.00 bits per heavy atom. The highest BCUT2D eigenvalue weighted by Gasteiger charge is 2.22. The zero-order valence-corrected chi connectivity index (χ0v) is 7.49. The van der Waals surface area contributed by atoms with Crippen molar-refractivity contribution in [3.05, 3.63) is 24.3 Å². The lowest BCUT2D eigenvalue weighted by atomic mass is 10.3. The summed E-state index contributed by atoms with van der Waals surface area (Å²) in [6, 6.07) is 6.15. The van der Waals surface area contributed by atoms with Crippen molar-refractivity contribution in [2.24, 2.45) is 0 Å². The second kappa shape index (κ2) is 4.79. The van der Waals surface area contributed by atoms with Crippen LogP contribution < -0.4 is 0 Å². The first-order valence-electron chi connectivity index (χ1n) is 3.17. The Labute approximate surface area is 75.1 Å². The first-order valence-corrected chi connectivity index (χ1v) is 4.96. The van der Waals surface area contributed by atoms with Crippen molar-refractivity contribution in [1.82, 2.24) is 0 Å². The van der Waals surface area contributed by atoms with E-state index in [9.17, 15) is 0 Å². The molecular formula is C6H10O6Si. The van der Waals surface area contributed by atoms with Gasteiger partial charge in [0.1, 0.15) is 0 Å². The summed E-state index contributed by atoms with van der Waals surface area (Å²) in [5.41, 5.74) is 0. The molecule has 1 aromatic rings. The fraction of sp³-hybridized carbons (Fsp3) is 0. The lowest BCUT2D eigenvalue weighted by molar-refractivity contribution is 0.117. The summed E-state index contributed by atoms with van der Waals surface area (Å²) in [5.74, 6) is -0.153. The number of hydrogen-bond donors (Lipinski definition) is 6. The van der Waals surface area contributed by atoms with Crippen molar-refractivity contribution < 1.29 is 29.4 Å². The van der Waals surface area contributed by atoms with Crippen LogP contribution in [0.2, 0.25) is 0 Å². The fourth-order valence-electron chi connectivity index (χ4n) is 0.464. The summed E-state index contributed by atoms with van der Waals surface area (Å²) in [5, 5.41) is 17.3. The second-order valence-corrected chi connectivity index (χ2v) is 3.29. The van der Waals surface area contributed by atoms with Crippen LogP contribution in [0.4, 0.5) is 0 Å². The molecule has 0 aliphatic carbocycles. The maximum Gasteiger partial charge on any atom is 0.668 e. The van der Waals surface area contributed by atoms with Crippen LogP contribution in [0, 0.1) is 0 Å². The zero-order valence-electron chi connectivity index (χ0n) is 6.49. The van der Waals surface area contributed by atoms with Gasteiger partial charge in [0.15, 0.2) is 11.5 Å². The van der Waals surface area contributed by atoms with Gasteiger partial charge in [-0.1, -0.05) is 12.1 Å². The third-order valence-corrected chi connectivity index (χ3v) is 0.882. The van der Waals surface area contributed by atoms with Crippen LogP contribution in [0.15, 0.2) is 24.3 Å². The van der Waals surface area contributed by atoms with E-state index < -0.39 is 9.05 Å². The van der Waals surface area contributed by atoms with Crippen molar-refractivity contribution >= 4 is 9.05 Å². The molecule has 0 bridgehead atoms. The molecule has 6 nitrogen and oxygen atoms in total. The van der Waals surface area contributed by atoms with Crippen molar-refractivity contribution in [3.8, 4) is 11.5 Å². The maximum absolute atomic E-state index is 8.67. The third-order valence-electron chi connectivity index (χ3n) is 0.882. The van der Waals surface area contributed by atoms with Gasteiger partial charge in [0.2, 0.25) is 0 Å². The molecule has 0 aromatic heterocycles. The molecule has 0 heterocycles. The molecule has 0 saturated heterocycles. The van der Waals surface area contributed by atoms with E-state index in [4.69, 9.17) is 29.4 Å². The monoisotopic (exact) mass is 206 g/mol. The predicted molar refractivity (Wildman–Crippen MR) is 44.4 cm³/mol. The van der Waals surface area contributed by atoms with Gasteiger partial charge in [-0.05, 0) is 12.1 Å². The molecule has 0 aliphatic heterocycles. The van der Waals surface area contributed by atoms with Gasteiger partial charge in [0.25, 0.3) is 0 Å². The number of phenolic OH excluding ortho intramolecular Hbond substituents is 2. The number of aromatic hydroxyl groups is 2. The summed E-state index contributed by atoms with van der Waals surface area (Å²) < 4.78 is 0. The molecule has 13 heavy (non-hydrogen) atoms. The van der Waals surface area contributed by atoms with E-state index >= 15 is 0 Å². The maximum atomic E-state index is 8.67. The van der Waals surface area contributed by atoms with Gasteiger partial charge in [-0.15, -0.1) is 0 Å². The molecule has 74 valence electrons. The second-order valence-electron chi connectivity index (χ2n) is 2.09. The number of benzene rings is 1. The van der Waals surface area contributed by atoms with Crippen LogP contribution in [0.5, 0.6) is 11.5 Å². The minimum Gasteiger partial charge on any atom is -0.504 e. The van der Waals surface area contributed by atoms with E-state index in [0.717, 1.165) is 0 Å². The minimum absolute atomic E-state index is 0.0764. The highest BCUT2D eigenvalue weighted by molar-refractivity contribution is 6.46. The number of rotatable bonds is 0. The summed E-state index contributed by atoms with van der Waals surface area (Å²) in [4.78, 5) is 29.3. The Balaban J connectivity index is 0.000000252. The van der Waals surface area contributed by atoms with E-state index in [2.05, 4.69) is 0 Å². The van der Waals surface area contributed by atoms with Gasteiger partial charge in [0.05, 0.1) is 0 Å². The summed E-state index contributed by atoms with van der Waals surface area (Å²) in [7, 11) is -4.61. The van der Waals surface area contributed by atoms with Gasteiger partial charge in [-0.2, -0.15) is 0 Å². The van der Waals surface area contributed by atoms with Gasteiger partial charge >= 0.3 is 9.05 Å². The Hall–Kier alpha value is -1.12. The van der Waals surface area contributed by atoms with Gasteiger partial charge in [-0.3, -0.25) is 0 Å². The Bertz CT molecular complexity index is 231. The zero-order chi connectivity index (χ0) is 10.5. The first kappa shape index (κ1) is 11.9. The van der Waals surface area contributed by atoms with E-state index in [0.29, 0.717) is 0 Å². The van der Waals surface area contributed by atoms with Crippen molar-refractivity contribution in [2.75, 3.05) is 0 Å². The summed E-state index contributed by atoms with van der Waals surface area (Å²) >= 11 is 0. The van der Waals surface area contributed by atoms with Crippen molar-refractivity contribution in [2.45, 2.75) is 0 Å². The van der Waals surface area contributed by atoms with Crippen LogP contribution >= 0.6 is 0 Å². The normalized spacial score (nSPS) is 10.2. The summed E-state index contributed by atoms with van der Waals surface area (Å²) in [6.45, 7) is 0. The molecule has 0 radical (unpaired) electrons. The van der Waals surface area contributed by atoms with Crippen LogP contribution in [0.3, 0.4) is 0 Å². The van der Waals surface area contributed by atoms with E-state index in [1.165, 1.54) is 12.1 Å². The molecule has 6 N–H and O–H groups in total. The molecular weight excluding hydrogens is 196 g/mol. The van der Waals surface area contributed by atoms with Crippen molar-refractivity contribution in [1.29, 1.82) is 0 Å². The number of phenols is 2. The molecule has 0 amide bonds. The molecule has 0 atom stereocenters. The van der Waals surface area contributed by atoms with Crippen LogP contribution in [-0.2, 0) is 0 Å². The van der Waals surface area contributed by atoms with Crippen LogP contribution in [0.1, 0.15) is 0 Å². The van der Waals surface area contributed by atoms with Crippen molar-refractivity contribution in [3.63, 3.8) is 0 Å². The van der Waals surface area contributed by atoms with Crippen LogP contribution in [-0.4, -0.2) is 38.4 Å². The van der Waals surface area contributed by atoms with Crippen LogP contribution in [0.25, 0.3) is 0 Å². The van der Waals surface area contributed by atoms with E-state index in [-0.39, 0.29) is 11.5 Å². The lowest BCUT2D eigenvalue weighted by Gasteiger charge is -1.91. The Morgan fingerprint density at radius 3 is 1.15 bits per heavy atom. The minimum atomic E-state index is -4.61. The predicted octanol–water partition coefficient (Wildman–Crippen LogP) is -1.51. The third kappa shape index (κ3) is 8.79. The Morgan fingerprint density at radius 1 is 0.769 bits per heavy atom. The Kier molecular flexibility index (Phi) is 4.38. The quantitative estimate of drug-likeness (QED) is 0.227. The highest BCUT2D eigenvalue weighted by atomic mass is 28.4. The van der Waals surface area contributed by atoms with E-state index in [1.54, 1.807) is 12.1 Å². The molecule has 0 aliphatic rings. The fourth-order valence-corrected chi connectivity index (χ4v) is 0.464. The number of para-hydroxylation sites is 2. The average molecular weight is 206 g/mol. The largest absolute Gasteiger partial charge is 0.668 e. The highest BCUT2D eigenvalue weighted by Crippen LogP contribution is 2.21.